The number of hydrogen-bond acceptors (Lipinski definition) is 2. The van der Waals surface area contributed by atoms with Gasteiger partial charge in [0.05, 0.1) is 0 Å². The molecule has 4 nitrogen and oxygen atoms in total. The van der Waals surface area contributed by atoms with E-state index in [9.17, 15) is 4.79 Å². The van der Waals surface area contributed by atoms with Crippen LogP contribution in [0.1, 0.15) is 21.5 Å². The lowest BCUT2D eigenvalue weighted by atomic mass is 10.1. The van der Waals surface area contributed by atoms with E-state index in [0.29, 0.717) is 5.56 Å². The number of nitrogens with one attached hydrogen (secondary N) is 3. The Kier molecular flexibility index (Phi) is 7.12. The van der Waals surface area contributed by atoms with Gasteiger partial charge in [-0.2, -0.15) is 0 Å². The number of carbonyl (C=O) groups is 1. The smallest absolute Gasteiger partial charge is 0.252 e. The maximum absolute atomic E-state index is 12.4. The average molecular weight is 431 g/mol. The van der Waals surface area contributed by atoms with Crippen molar-refractivity contribution in [1.82, 2.24) is 10.6 Å². The highest BCUT2D eigenvalue weighted by molar-refractivity contribution is 7.80. The van der Waals surface area contributed by atoms with Gasteiger partial charge in [-0.15, -0.1) is 0 Å². The lowest BCUT2D eigenvalue weighted by Gasteiger charge is -2.28. The van der Waals surface area contributed by atoms with Crippen LogP contribution in [0.4, 0.5) is 5.69 Å². The maximum atomic E-state index is 12.4. The Labute approximate surface area is 173 Å². The first-order valence-electron chi connectivity index (χ1n) is 7.73. The zero-order valence-electron chi connectivity index (χ0n) is 14.1. The summed E-state index contributed by atoms with van der Waals surface area (Å²) < 4.78 is -1.81. The number of carbonyl (C=O) groups excluding carboxylic acids is 1. The van der Waals surface area contributed by atoms with Gasteiger partial charge in [0.1, 0.15) is 6.17 Å². The first-order chi connectivity index (χ1) is 12.1. The topological polar surface area (TPSA) is 53.2 Å². The van der Waals surface area contributed by atoms with Gasteiger partial charge in [-0.05, 0) is 55.9 Å². The summed E-state index contributed by atoms with van der Waals surface area (Å²) in [5, 5.41) is 8.71. The molecule has 1 atom stereocenters. The van der Waals surface area contributed by atoms with Gasteiger partial charge in [0.2, 0.25) is 3.79 Å². The van der Waals surface area contributed by atoms with E-state index in [0.717, 1.165) is 16.8 Å². The van der Waals surface area contributed by atoms with Crippen molar-refractivity contribution in [2.45, 2.75) is 23.8 Å². The molecule has 8 heteroatoms. The number of rotatable bonds is 4. The van der Waals surface area contributed by atoms with E-state index in [2.05, 4.69) is 16.0 Å². The molecule has 1 amide bonds. The Morgan fingerprint density at radius 1 is 1.00 bits per heavy atom. The fourth-order valence-corrected chi connectivity index (χ4v) is 2.78. The third-order valence-corrected chi connectivity index (χ3v) is 4.31. The van der Waals surface area contributed by atoms with Crippen LogP contribution in [0.3, 0.4) is 0 Å². The number of amides is 1. The molecule has 1 unspecified atom stereocenters. The number of thiocarbonyl (C=S) groups is 1. The summed E-state index contributed by atoms with van der Waals surface area (Å²) >= 11 is 23.3. The van der Waals surface area contributed by atoms with Crippen molar-refractivity contribution in [3.63, 3.8) is 0 Å². The van der Waals surface area contributed by atoms with Crippen molar-refractivity contribution >= 4 is 63.7 Å². The van der Waals surface area contributed by atoms with Crippen molar-refractivity contribution in [2.75, 3.05) is 5.32 Å². The molecule has 0 fully saturated rings. The summed E-state index contributed by atoms with van der Waals surface area (Å²) in [6, 6.07) is 14.7. The molecule has 0 aliphatic heterocycles. The van der Waals surface area contributed by atoms with Crippen LogP contribution in [0, 0.1) is 13.8 Å². The third kappa shape index (κ3) is 6.32. The van der Waals surface area contributed by atoms with Crippen molar-refractivity contribution in [2.24, 2.45) is 0 Å². The summed E-state index contributed by atoms with van der Waals surface area (Å²) in [6.45, 7) is 3.86. The minimum absolute atomic E-state index is 0.219. The van der Waals surface area contributed by atoms with Gasteiger partial charge < -0.3 is 16.0 Å². The molecule has 2 rings (SSSR count). The third-order valence-electron chi connectivity index (χ3n) is 3.43. The van der Waals surface area contributed by atoms with Crippen molar-refractivity contribution in [3.8, 4) is 0 Å². The molecule has 2 aromatic carbocycles. The van der Waals surface area contributed by atoms with Crippen LogP contribution in [0.2, 0.25) is 0 Å². The van der Waals surface area contributed by atoms with Gasteiger partial charge in [0.25, 0.3) is 5.91 Å². The van der Waals surface area contributed by atoms with Crippen molar-refractivity contribution in [3.05, 3.63) is 65.2 Å². The van der Waals surface area contributed by atoms with Gasteiger partial charge in [-0.1, -0.05) is 64.6 Å². The Hall–Kier alpha value is -1.53. The molecule has 0 spiro atoms. The standard InChI is InChI=1S/C18H18Cl3N3OS/c1-11-5-3-7-13(9-11)15(25)23-16(18(19,20)21)24-17(26)22-14-8-4-6-12(2)10-14/h3-10,16H,1-2H3,(H,23,25)(H2,22,24,26). The highest BCUT2D eigenvalue weighted by atomic mass is 35.6. The predicted octanol–water partition coefficient (Wildman–Crippen LogP) is 4.72. The molecule has 2 aromatic rings. The van der Waals surface area contributed by atoms with Crippen LogP contribution < -0.4 is 16.0 Å². The number of benzene rings is 2. The van der Waals surface area contributed by atoms with Gasteiger partial charge in [0, 0.05) is 11.3 Å². The average Bonchev–Trinajstić information content (AvgIpc) is 2.53. The first-order valence-corrected chi connectivity index (χ1v) is 9.28. The number of alkyl halides is 3. The van der Waals surface area contributed by atoms with E-state index in [1.165, 1.54) is 0 Å². The molecule has 3 N–H and O–H groups in total. The van der Waals surface area contributed by atoms with Gasteiger partial charge in [-0.3, -0.25) is 4.79 Å². The van der Waals surface area contributed by atoms with Crippen LogP contribution in [0.25, 0.3) is 0 Å². The Morgan fingerprint density at radius 3 is 2.19 bits per heavy atom. The maximum Gasteiger partial charge on any atom is 0.252 e. The summed E-state index contributed by atoms with van der Waals surface area (Å²) in [7, 11) is 0. The van der Waals surface area contributed by atoms with Crippen LogP contribution in [-0.2, 0) is 0 Å². The minimum Gasteiger partial charge on any atom is -0.339 e. The van der Waals surface area contributed by atoms with Crippen molar-refractivity contribution < 1.29 is 4.79 Å². The van der Waals surface area contributed by atoms with Crippen LogP contribution >= 0.6 is 47.0 Å². The highest BCUT2D eigenvalue weighted by Gasteiger charge is 2.34. The summed E-state index contributed by atoms with van der Waals surface area (Å²) in [4.78, 5) is 12.4. The summed E-state index contributed by atoms with van der Waals surface area (Å²) in [5.41, 5.74) is 3.27. The Balaban J connectivity index is 2.07. The minimum atomic E-state index is -1.81. The summed E-state index contributed by atoms with van der Waals surface area (Å²) in [5.74, 6) is -0.379. The van der Waals surface area contributed by atoms with E-state index in [4.69, 9.17) is 47.0 Å². The molecular weight excluding hydrogens is 413 g/mol. The molecule has 0 aliphatic carbocycles. The highest BCUT2D eigenvalue weighted by Crippen LogP contribution is 2.29. The lowest BCUT2D eigenvalue weighted by Crippen LogP contribution is -2.56. The zero-order chi connectivity index (χ0) is 19.3. The van der Waals surface area contributed by atoms with Crippen LogP contribution in [-0.4, -0.2) is 21.0 Å². The van der Waals surface area contributed by atoms with Gasteiger partial charge in [-0.25, -0.2) is 0 Å². The molecule has 0 bridgehead atoms. The van der Waals surface area contributed by atoms with E-state index >= 15 is 0 Å². The molecule has 0 aromatic heterocycles. The SMILES string of the molecule is Cc1cccc(NC(=S)NC(NC(=O)c2cccc(C)c2)C(Cl)(Cl)Cl)c1. The Bertz CT molecular complexity index is 808. The molecule has 0 radical (unpaired) electrons. The second-order valence-electron chi connectivity index (χ2n) is 5.79. The van der Waals surface area contributed by atoms with E-state index < -0.39 is 9.96 Å². The molecule has 0 heterocycles. The van der Waals surface area contributed by atoms with E-state index in [1.54, 1.807) is 18.2 Å². The molecular formula is C18H18Cl3N3OS. The molecule has 26 heavy (non-hydrogen) atoms. The number of aryl methyl sites for hydroxylation is 2. The normalized spacial score (nSPS) is 12.2. The van der Waals surface area contributed by atoms with E-state index in [1.807, 2.05) is 44.2 Å². The van der Waals surface area contributed by atoms with Gasteiger partial charge >= 0.3 is 0 Å². The van der Waals surface area contributed by atoms with E-state index in [-0.39, 0.29) is 11.0 Å². The fourth-order valence-electron chi connectivity index (χ4n) is 2.22. The second-order valence-corrected chi connectivity index (χ2v) is 8.56. The quantitative estimate of drug-likeness (QED) is 0.373. The van der Waals surface area contributed by atoms with Crippen LogP contribution in [0.15, 0.2) is 48.5 Å². The molecule has 138 valence electrons. The number of anilines is 1. The molecule has 0 aliphatic rings. The molecule has 0 saturated heterocycles. The zero-order valence-corrected chi connectivity index (χ0v) is 17.2. The Morgan fingerprint density at radius 2 is 1.62 bits per heavy atom. The second kappa shape index (κ2) is 8.91. The van der Waals surface area contributed by atoms with Crippen LogP contribution in [0.5, 0.6) is 0 Å². The fraction of sp³-hybridized carbons (Fsp3) is 0.222. The monoisotopic (exact) mass is 429 g/mol. The summed E-state index contributed by atoms with van der Waals surface area (Å²) in [6.07, 6.45) is -1.02. The molecule has 0 saturated carbocycles. The van der Waals surface area contributed by atoms with Gasteiger partial charge in [0.15, 0.2) is 5.11 Å². The number of hydrogen-bond donors (Lipinski definition) is 3. The van der Waals surface area contributed by atoms with Crippen molar-refractivity contribution in [1.29, 1.82) is 0 Å². The lowest BCUT2D eigenvalue weighted by molar-refractivity contribution is 0.0934. The number of halogens is 3. The first kappa shape index (κ1) is 20.8. The largest absolute Gasteiger partial charge is 0.339 e. The predicted molar refractivity (Wildman–Crippen MR) is 113 cm³/mol.